The van der Waals surface area contributed by atoms with Crippen LogP contribution in [-0.4, -0.2) is 25.2 Å². The fraction of sp³-hybridized carbons (Fsp3) is 0.429. The van der Waals surface area contributed by atoms with Gasteiger partial charge >= 0.3 is 0 Å². The summed E-state index contributed by atoms with van der Waals surface area (Å²) in [5.41, 5.74) is 0.591. The van der Waals surface area contributed by atoms with Crippen molar-refractivity contribution in [2.75, 3.05) is 25.2 Å². The van der Waals surface area contributed by atoms with E-state index in [0.717, 1.165) is 18.1 Å². The van der Waals surface area contributed by atoms with Crippen LogP contribution >= 0.6 is 11.8 Å². The molecule has 1 N–H and O–H groups in total. The van der Waals surface area contributed by atoms with E-state index in [0.29, 0.717) is 11.3 Å². The van der Waals surface area contributed by atoms with Gasteiger partial charge in [0.05, 0.1) is 7.11 Å². The molecule has 2 nitrogen and oxygen atoms in total. The van der Waals surface area contributed by atoms with E-state index < -0.39 is 0 Å². The Morgan fingerprint density at radius 1 is 1.56 bits per heavy atom. The highest BCUT2D eigenvalue weighted by Crippen LogP contribution is 2.27. The van der Waals surface area contributed by atoms with E-state index in [1.165, 1.54) is 6.07 Å². The highest BCUT2D eigenvalue weighted by molar-refractivity contribution is 7.99. The van der Waals surface area contributed by atoms with Gasteiger partial charge in [0.15, 0.2) is 0 Å². The lowest BCUT2D eigenvalue weighted by Gasteiger charge is -2.17. The molecule has 0 spiro atoms. The molecule has 4 heteroatoms. The normalized spacial score (nSPS) is 12.2. The van der Waals surface area contributed by atoms with Crippen molar-refractivity contribution < 1.29 is 9.13 Å². The van der Waals surface area contributed by atoms with Gasteiger partial charge in [-0.1, -0.05) is 12.1 Å². The molecule has 1 rings (SSSR count). The van der Waals surface area contributed by atoms with Crippen molar-refractivity contribution >= 4 is 11.8 Å². The van der Waals surface area contributed by atoms with Crippen molar-refractivity contribution in [3.05, 3.63) is 42.2 Å². The van der Waals surface area contributed by atoms with Crippen LogP contribution in [0, 0.1) is 5.82 Å². The van der Waals surface area contributed by atoms with Gasteiger partial charge in [-0.05, 0) is 19.1 Å². The molecule has 0 aliphatic carbocycles. The zero-order valence-corrected chi connectivity index (χ0v) is 11.7. The molecule has 100 valence electrons. The lowest BCUT2D eigenvalue weighted by atomic mass is 10.1. The van der Waals surface area contributed by atoms with Crippen LogP contribution in [0.25, 0.3) is 0 Å². The summed E-state index contributed by atoms with van der Waals surface area (Å²) in [5.74, 6) is 2.29. The van der Waals surface area contributed by atoms with E-state index >= 15 is 0 Å². The molecule has 1 aromatic rings. The molecule has 0 aromatic heterocycles. The molecule has 0 aliphatic rings. The Bertz CT molecular complexity index is 384. The summed E-state index contributed by atoms with van der Waals surface area (Å²) in [4.78, 5) is 0. The molecular weight excluding hydrogens is 249 g/mol. The second-order valence-corrected chi connectivity index (χ2v) is 5.05. The predicted molar refractivity (Wildman–Crippen MR) is 76.9 cm³/mol. The quantitative estimate of drug-likeness (QED) is 0.577. The van der Waals surface area contributed by atoms with E-state index in [4.69, 9.17) is 4.74 Å². The third-order valence-corrected chi connectivity index (χ3v) is 3.56. The van der Waals surface area contributed by atoms with Gasteiger partial charge in [0, 0.05) is 29.7 Å². The lowest BCUT2D eigenvalue weighted by molar-refractivity contribution is 0.395. The molecule has 0 aliphatic heterocycles. The van der Waals surface area contributed by atoms with Crippen LogP contribution in [0.4, 0.5) is 4.39 Å². The minimum Gasteiger partial charge on any atom is -0.496 e. The summed E-state index contributed by atoms with van der Waals surface area (Å²) in [6, 6.07) is 4.83. The summed E-state index contributed by atoms with van der Waals surface area (Å²) in [7, 11) is 1.56. The van der Waals surface area contributed by atoms with Gasteiger partial charge in [-0.15, -0.1) is 6.58 Å². The fourth-order valence-corrected chi connectivity index (χ4v) is 2.33. The van der Waals surface area contributed by atoms with Gasteiger partial charge in [0.1, 0.15) is 11.6 Å². The summed E-state index contributed by atoms with van der Waals surface area (Å²) >= 11 is 1.80. The molecule has 1 atom stereocenters. The number of hydrogen-bond donors (Lipinski definition) is 1. The zero-order valence-electron chi connectivity index (χ0n) is 10.9. The Morgan fingerprint density at radius 3 is 3.00 bits per heavy atom. The first kappa shape index (κ1) is 15.1. The van der Waals surface area contributed by atoms with Gasteiger partial charge in [-0.25, -0.2) is 4.39 Å². The van der Waals surface area contributed by atoms with Gasteiger partial charge in [0.2, 0.25) is 0 Å². The Hall–Kier alpha value is -1.00. The fourth-order valence-electron chi connectivity index (χ4n) is 1.73. The molecule has 0 saturated carbocycles. The molecule has 0 amide bonds. The van der Waals surface area contributed by atoms with E-state index in [1.807, 2.05) is 13.0 Å². The van der Waals surface area contributed by atoms with Crippen LogP contribution in [0.15, 0.2) is 30.9 Å². The van der Waals surface area contributed by atoms with Gasteiger partial charge in [0.25, 0.3) is 0 Å². The number of halogens is 1. The number of methoxy groups -OCH3 is 1. The molecular formula is C14H20FNOS. The minimum absolute atomic E-state index is 0.0644. The summed E-state index contributed by atoms with van der Waals surface area (Å²) in [5, 5.41) is 3.30. The van der Waals surface area contributed by atoms with E-state index in [-0.39, 0.29) is 11.9 Å². The third kappa shape index (κ3) is 4.35. The van der Waals surface area contributed by atoms with Crippen LogP contribution in [0.1, 0.15) is 18.5 Å². The molecule has 1 aromatic carbocycles. The second kappa shape index (κ2) is 8.16. The highest BCUT2D eigenvalue weighted by atomic mass is 32.2. The van der Waals surface area contributed by atoms with Crippen molar-refractivity contribution in [2.45, 2.75) is 13.0 Å². The smallest absolute Gasteiger partial charge is 0.131 e. The number of ether oxygens (including phenoxy) is 1. The van der Waals surface area contributed by atoms with E-state index in [9.17, 15) is 4.39 Å². The number of thioether (sulfide) groups is 1. The molecule has 0 radical (unpaired) electrons. The van der Waals surface area contributed by atoms with Crippen molar-refractivity contribution in [3.63, 3.8) is 0 Å². The first-order valence-electron chi connectivity index (χ1n) is 5.95. The Labute approximate surface area is 113 Å². The minimum atomic E-state index is -0.229. The van der Waals surface area contributed by atoms with E-state index in [2.05, 4.69) is 11.9 Å². The van der Waals surface area contributed by atoms with Crippen LogP contribution in [0.2, 0.25) is 0 Å². The van der Waals surface area contributed by atoms with Gasteiger partial charge in [-0.2, -0.15) is 11.8 Å². The molecule has 1 unspecified atom stereocenters. The first-order chi connectivity index (χ1) is 8.70. The number of nitrogens with one attached hydrogen (secondary N) is 1. The lowest BCUT2D eigenvalue weighted by Crippen LogP contribution is -2.22. The molecule has 18 heavy (non-hydrogen) atoms. The molecule has 0 heterocycles. The van der Waals surface area contributed by atoms with Crippen molar-refractivity contribution in [3.8, 4) is 5.75 Å². The topological polar surface area (TPSA) is 21.3 Å². The van der Waals surface area contributed by atoms with Crippen molar-refractivity contribution in [1.82, 2.24) is 5.32 Å². The van der Waals surface area contributed by atoms with Crippen molar-refractivity contribution in [2.24, 2.45) is 0 Å². The maximum absolute atomic E-state index is 13.8. The molecule has 0 fully saturated rings. The van der Waals surface area contributed by atoms with Crippen LogP contribution in [-0.2, 0) is 0 Å². The number of hydrogen-bond acceptors (Lipinski definition) is 3. The van der Waals surface area contributed by atoms with Crippen molar-refractivity contribution in [1.29, 1.82) is 0 Å². The third-order valence-electron chi connectivity index (χ3n) is 2.60. The predicted octanol–water partition coefficient (Wildman–Crippen LogP) is 3.40. The Kier molecular flexibility index (Phi) is 6.83. The Balaban J connectivity index is 2.55. The zero-order chi connectivity index (χ0) is 13.4. The van der Waals surface area contributed by atoms with Gasteiger partial charge in [-0.3, -0.25) is 0 Å². The van der Waals surface area contributed by atoms with E-state index in [1.54, 1.807) is 31.0 Å². The maximum atomic E-state index is 13.8. The number of rotatable bonds is 8. The largest absolute Gasteiger partial charge is 0.496 e. The maximum Gasteiger partial charge on any atom is 0.131 e. The second-order valence-electron chi connectivity index (χ2n) is 3.90. The Morgan fingerprint density at radius 2 is 2.33 bits per heavy atom. The van der Waals surface area contributed by atoms with Crippen LogP contribution in [0.5, 0.6) is 5.75 Å². The standard InChI is InChI=1S/C14H20FNOS/c1-4-9-18-10-8-16-11(2)14-12(15)6-5-7-13(14)17-3/h4-7,11,16H,1,8-10H2,2-3H3. The number of benzene rings is 1. The molecule has 0 saturated heterocycles. The average Bonchev–Trinajstić information content (AvgIpc) is 2.37. The summed E-state index contributed by atoms with van der Waals surface area (Å²) in [6.07, 6.45) is 1.88. The molecule has 0 bridgehead atoms. The van der Waals surface area contributed by atoms with Crippen LogP contribution in [0.3, 0.4) is 0 Å². The highest BCUT2D eigenvalue weighted by Gasteiger charge is 2.15. The average molecular weight is 269 g/mol. The summed E-state index contributed by atoms with van der Waals surface area (Å²) in [6.45, 7) is 6.44. The SMILES string of the molecule is C=CCSCCNC(C)c1c(F)cccc1OC. The van der Waals surface area contributed by atoms with Crippen LogP contribution < -0.4 is 10.1 Å². The monoisotopic (exact) mass is 269 g/mol. The summed E-state index contributed by atoms with van der Waals surface area (Å²) < 4.78 is 19.0. The van der Waals surface area contributed by atoms with Gasteiger partial charge < -0.3 is 10.1 Å². The first-order valence-corrected chi connectivity index (χ1v) is 7.10.